The van der Waals surface area contributed by atoms with Crippen molar-refractivity contribution in [1.82, 2.24) is 10.4 Å². The van der Waals surface area contributed by atoms with Gasteiger partial charge in [0.2, 0.25) is 0 Å². The molecule has 2 aromatic heterocycles. The summed E-state index contributed by atoms with van der Waals surface area (Å²) in [6, 6.07) is 8.76. The number of hydrazine groups is 1. The zero-order chi connectivity index (χ0) is 13.8. The Kier molecular flexibility index (Phi) is 4.69. The molecule has 0 bridgehead atoms. The molecule has 4 heteroatoms. The van der Waals surface area contributed by atoms with Crippen LogP contribution in [0.3, 0.4) is 0 Å². The van der Waals surface area contributed by atoms with E-state index in [1.807, 2.05) is 25.2 Å². The highest BCUT2D eigenvalue weighted by molar-refractivity contribution is 7.11. The average molecular weight is 275 g/mol. The number of pyridine rings is 1. The van der Waals surface area contributed by atoms with Crippen LogP contribution in [0.25, 0.3) is 0 Å². The molecule has 1 unspecified atom stereocenters. The molecule has 0 aliphatic heterocycles. The molecule has 0 amide bonds. The van der Waals surface area contributed by atoms with Crippen LogP contribution in [0, 0.1) is 13.8 Å². The molecular formula is C15H21N3S. The molecule has 0 saturated heterocycles. The average Bonchev–Trinajstić information content (AvgIpc) is 2.82. The summed E-state index contributed by atoms with van der Waals surface area (Å²) in [7, 11) is 0. The first kappa shape index (κ1) is 14.2. The van der Waals surface area contributed by atoms with Gasteiger partial charge >= 0.3 is 0 Å². The number of aromatic nitrogens is 1. The molecule has 0 spiro atoms. The van der Waals surface area contributed by atoms with Gasteiger partial charge in [-0.05, 0) is 50.1 Å². The van der Waals surface area contributed by atoms with E-state index in [2.05, 4.69) is 41.6 Å². The third kappa shape index (κ3) is 3.62. The van der Waals surface area contributed by atoms with Gasteiger partial charge in [0.25, 0.3) is 0 Å². The second-order valence-electron chi connectivity index (χ2n) is 4.83. The van der Waals surface area contributed by atoms with Crippen molar-refractivity contribution in [3.8, 4) is 0 Å². The summed E-state index contributed by atoms with van der Waals surface area (Å²) in [6.45, 7) is 6.22. The van der Waals surface area contributed by atoms with E-state index < -0.39 is 0 Å². The Hall–Kier alpha value is -1.23. The molecule has 1 atom stereocenters. The SMILES string of the molecule is CCc1ccc(CC(NN)c2cc(C)nc(C)c2)s1. The number of nitrogens with one attached hydrogen (secondary N) is 1. The molecule has 2 rings (SSSR count). The van der Waals surface area contributed by atoms with Gasteiger partial charge in [0.15, 0.2) is 0 Å². The highest BCUT2D eigenvalue weighted by Crippen LogP contribution is 2.24. The van der Waals surface area contributed by atoms with Crippen LogP contribution in [-0.4, -0.2) is 4.98 Å². The third-order valence-corrected chi connectivity index (χ3v) is 4.43. The van der Waals surface area contributed by atoms with Crippen LogP contribution in [0.15, 0.2) is 24.3 Å². The van der Waals surface area contributed by atoms with Crippen molar-refractivity contribution < 1.29 is 0 Å². The summed E-state index contributed by atoms with van der Waals surface area (Å²) in [5, 5.41) is 0. The lowest BCUT2D eigenvalue weighted by Gasteiger charge is -2.16. The van der Waals surface area contributed by atoms with Gasteiger partial charge in [-0.1, -0.05) is 6.92 Å². The quantitative estimate of drug-likeness (QED) is 0.651. The van der Waals surface area contributed by atoms with Crippen molar-refractivity contribution in [1.29, 1.82) is 0 Å². The monoisotopic (exact) mass is 275 g/mol. The first-order valence-corrected chi connectivity index (χ1v) is 7.43. The van der Waals surface area contributed by atoms with Gasteiger partial charge in [-0.3, -0.25) is 16.3 Å². The lowest BCUT2D eigenvalue weighted by atomic mass is 10.0. The molecule has 0 aliphatic carbocycles. The molecule has 0 fully saturated rings. The number of aryl methyl sites for hydroxylation is 3. The molecule has 3 N–H and O–H groups in total. The standard InChI is InChI=1S/C15H21N3S/c1-4-13-5-6-14(19-13)9-15(18-16)12-7-10(2)17-11(3)8-12/h5-8,15,18H,4,9,16H2,1-3H3. The van der Waals surface area contributed by atoms with Gasteiger partial charge in [-0.2, -0.15) is 0 Å². The van der Waals surface area contributed by atoms with Crippen molar-refractivity contribution in [3.05, 3.63) is 51.0 Å². The van der Waals surface area contributed by atoms with Crippen molar-refractivity contribution >= 4 is 11.3 Å². The summed E-state index contributed by atoms with van der Waals surface area (Å²) in [5.74, 6) is 5.73. The van der Waals surface area contributed by atoms with Crippen LogP contribution >= 0.6 is 11.3 Å². The Morgan fingerprint density at radius 1 is 1.21 bits per heavy atom. The zero-order valence-corrected chi connectivity index (χ0v) is 12.6. The fourth-order valence-electron chi connectivity index (χ4n) is 2.26. The molecule has 3 nitrogen and oxygen atoms in total. The van der Waals surface area contributed by atoms with E-state index in [9.17, 15) is 0 Å². The minimum Gasteiger partial charge on any atom is -0.271 e. The Labute approximate surface area is 118 Å². The number of thiophene rings is 1. The van der Waals surface area contributed by atoms with E-state index in [4.69, 9.17) is 5.84 Å². The fourth-order valence-corrected chi connectivity index (χ4v) is 3.27. The number of hydrogen-bond acceptors (Lipinski definition) is 4. The minimum absolute atomic E-state index is 0.142. The summed E-state index contributed by atoms with van der Waals surface area (Å²) in [4.78, 5) is 7.20. The second kappa shape index (κ2) is 6.28. The first-order chi connectivity index (χ1) is 9.12. The lowest BCUT2D eigenvalue weighted by Crippen LogP contribution is -2.29. The number of hydrogen-bond donors (Lipinski definition) is 2. The van der Waals surface area contributed by atoms with Gasteiger partial charge in [-0.25, -0.2) is 0 Å². The van der Waals surface area contributed by atoms with E-state index in [-0.39, 0.29) is 6.04 Å². The Morgan fingerprint density at radius 3 is 2.37 bits per heavy atom. The maximum atomic E-state index is 5.73. The predicted molar refractivity (Wildman–Crippen MR) is 81.2 cm³/mol. The summed E-state index contributed by atoms with van der Waals surface area (Å²) in [6.07, 6.45) is 2.02. The molecule has 2 aromatic rings. The highest BCUT2D eigenvalue weighted by Gasteiger charge is 2.13. The van der Waals surface area contributed by atoms with Gasteiger partial charge in [0.05, 0.1) is 6.04 Å². The van der Waals surface area contributed by atoms with Gasteiger partial charge < -0.3 is 0 Å². The third-order valence-electron chi connectivity index (χ3n) is 3.18. The fraction of sp³-hybridized carbons (Fsp3) is 0.400. The maximum absolute atomic E-state index is 5.73. The van der Waals surface area contributed by atoms with Crippen LogP contribution in [-0.2, 0) is 12.8 Å². The van der Waals surface area contributed by atoms with E-state index in [0.717, 1.165) is 24.2 Å². The Bertz CT molecular complexity index is 528. The zero-order valence-electron chi connectivity index (χ0n) is 11.7. The van der Waals surface area contributed by atoms with Gasteiger partial charge in [0, 0.05) is 27.6 Å². The van der Waals surface area contributed by atoms with Crippen molar-refractivity contribution in [2.24, 2.45) is 5.84 Å². The van der Waals surface area contributed by atoms with E-state index >= 15 is 0 Å². The van der Waals surface area contributed by atoms with Crippen LogP contribution in [0.5, 0.6) is 0 Å². The number of nitrogens with two attached hydrogens (primary N) is 1. The molecule has 0 aliphatic rings. The molecule has 0 aromatic carbocycles. The number of nitrogens with zero attached hydrogens (tertiary/aromatic N) is 1. The van der Waals surface area contributed by atoms with Crippen LogP contribution < -0.4 is 11.3 Å². The summed E-state index contributed by atoms with van der Waals surface area (Å²) < 4.78 is 0. The van der Waals surface area contributed by atoms with E-state index in [1.54, 1.807) is 0 Å². The van der Waals surface area contributed by atoms with Gasteiger partial charge in [0.1, 0.15) is 0 Å². The Balaban J connectivity index is 2.19. The minimum atomic E-state index is 0.142. The molecule has 0 radical (unpaired) electrons. The lowest BCUT2D eigenvalue weighted by molar-refractivity contribution is 0.554. The maximum Gasteiger partial charge on any atom is 0.0509 e. The largest absolute Gasteiger partial charge is 0.271 e. The molecule has 102 valence electrons. The molecule has 0 saturated carbocycles. The molecule has 19 heavy (non-hydrogen) atoms. The topological polar surface area (TPSA) is 50.9 Å². The normalized spacial score (nSPS) is 12.6. The predicted octanol–water partition coefficient (Wildman–Crippen LogP) is 3.07. The second-order valence-corrected chi connectivity index (χ2v) is 6.08. The van der Waals surface area contributed by atoms with Crippen LogP contribution in [0.4, 0.5) is 0 Å². The highest BCUT2D eigenvalue weighted by atomic mass is 32.1. The molecule has 2 heterocycles. The van der Waals surface area contributed by atoms with Crippen LogP contribution in [0.2, 0.25) is 0 Å². The number of rotatable bonds is 5. The molecular weight excluding hydrogens is 254 g/mol. The summed E-state index contributed by atoms with van der Waals surface area (Å²) in [5.41, 5.74) is 6.21. The summed E-state index contributed by atoms with van der Waals surface area (Å²) >= 11 is 1.87. The van der Waals surface area contributed by atoms with Gasteiger partial charge in [-0.15, -0.1) is 11.3 Å². The van der Waals surface area contributed by atoms with Crippen LogP contribution in [0.1, 0.15) is 39.7 Å². The van der Waals surface area contributed by atoms with E-state index in [0.29, 0.717) is 0 Å². The van der Waals surface area contributed by atoms with E-state index in [1.165, 1.54) is 15.3 Å². The van der Waals surface area contributed by atoms with Crippen molar-refractivity contribution in [3.63, 3.8) is 0 Å². The van der Waals surface area contributed by atoms with Crippen molar-refractivity contribution in [2.75, 3.05) is 0 Å². The van der Waals surface area contributed by atoms with Crippen molar-refractivity contribution in [2.45, 2.75) is 39.7 Å². The smallest absolute Gasteiger partial charge is 0.0509 e. The Morgan fingerprint density at radius 2 is 1.84 bits per heavy atom. The first-order valence-electron chi connectivity index (χ1n) is 6.61.